The lowest BCUT2D eigenvalue weighted by Gasteiger charge is -2.25. The van der Waals surface area contributed by atoms with Crippen LogP contribution in [0.3, 0.4) is 0 Å². The summed E-state index contributed by atoms with van der Waals surface area (Å²) in [4.78, 5) is 22.6. The minimum Gasteiger partial charge on any atom is -0.387 e. The number of aliphatic hydroxyl groups is 1. The van der Waals surface area contributed by atoms with E-state index in [9.17, 15) is 19.4 Å². The fourth-order valence-electron chi connectivity index (χ4n) is 4.66. The maximum atomic E-state index is 12.5. The van der Waals surface area contributed by atoms with Crippen molar-refractivity contribution in [2.24, 2.45) is 0 Å². The van der Waals surface area contributed by atoms with Crippen molar-refractivity contribution in [2.75, 3.05) is 40.9 Å². The number of hydrogen-bond acceptors (Lipinski definition) is 5. The van der Waals surface area contributed by atoms with Gasteiger partial charge in [-0.25, -0.2) is 4.57 Å². The van der Waals surface area contributed by atoms with E-state index in [1.165, 1.54) is 64.2 Å². The summed E-state index contributed by atoms with van der Waals surface area (Å²) < 4.78 is 23.2. The monoisotopic (exact) mass is 657 g/mol. The smallest absolute Gasteiger partial charge is 0.387 e. The van der Waals surface area contributed by atoms with Crippen molar-refractivity contribution in [1.29, 1.82) is 0 Å². The molecule has 8 nitrogen and oxygen atoms in total. The molecular weight excluding hydrogens is 587 g/mol. The number of nitrogens with zero attached hydrogens (tertiary/aromatic N) is 1. The van der Waals surface area contributed by atoms with E-state index in [4.69, 9.17) is 9.05 Å². The lowest BCUT2D eigenvalue weighted by atomic mass is 10.1. The van der Waals surface area contributed by atoms with E-state index in [1.807, 2.05) is 27.2 Å². The molecule has 0 aromatic rings. The Morgan fingerprint density at radius 3 is 1.78 bits per heavy atom. The summed E-state index contributed by atoms with van der Waals surface area (Å²) >= 11 is 0. The first-order chi connectivity index (χ1) is 21.5. The number of rotatable bonds is 31. The van der Waals surface area contributed by atoms with E-state index in [0.717, 1.165) is 51.4 Å². The second-order valence-corrected chi connectivity index (χ2v) is 14.7. The molecule has 0 saturated heterocycles. The van der Waals surface area contributed by atoms with Crippen molar-refractivity contribution >= 4 is 13.7 Å². The number of phosphoric ester groups is 1. The van der Waals surface area contributed by atoms with Crippen LogP contribution in [0.25, 0.3) is 0 Å². The number of quaternary nitrogens is 1. The highest BCUT2D eigenvalue weighted by Gasteiger charge is 2.27. The van der Waals surface area contributed by atoms with Crippen LogP contribution in [0.1, 0.15) is 136 Å². The van der Waals surface area contributed by atoms with Crippen molar-refractivity contribution < 1.29 is 32.9 Å². The largest absolute Gasteiger partial charge is 0.472 e. The molecule has 0 aromatic carbocycles. The van der Waals surface area contributed by atoms with Gasteiger partial charge in [0, 0.05) is 6.42 Å². The van der Waals surface area contributed by atoms with E-state index in [1.54, 1.807) is 6.08 Å². The molecule has 264 valence electrons. The van der Waals surface area contributed by atoms with Crippen molar-refractivity contribution in [2.45, 2.75) is 148 Å². The second kappa shape index (κ2) is 28.9. The summed E-state index contributed by atoms with van der Waals surface area (Å²) in [5.74, 6) is -0.212. The molecule has 0 spiro atoms. The van der Waals surface area contributed by atoms with Crippen LogP contribution in [-0.4, -0.2) is 73.4 Å². The fourth-order valence-corrected chi connectivity index (χ4v) is 5.39. The zero-order chi connectivity index (χ0) is 33.7. The van der Waals surface area contributed by atoms with Gasteiger partial charge < -0.3 is 19.8 Å². The molecule has 3 N–H and O–H groups in total. The third-order valence-corrected chi connectivity index (χ3v) is 8.57. The Labute approximate surface area is 276 Å². The first kappa shape index (κ1) is 43.7. The molecule has 3 unspecified atom stereocenters. The second-order valence-electron chi connectivity index (χ2n) is 13.2. The van der Waals surface area contributed by atoms with Crippen molar-refractivity contribution in [1.82, 2.24) is 5.32 Å². The highest BCUT2D eigenvalue weighted by molar-refractivity contribution is 7.47. The number of hydrogen-bond donors (Lipinski definition) is 3. The molecule has 0 aliphatic carbocycles. The molecule has 1 amide bonds. The Balaban J connectivity index is 4.42. The zero-order valence-electron chi connectivity index (χ0n) is 29.6. The Kier molecular flexibility index (Phi) is 28.1. The quantitative estimate of drug-likeness (QED) is 0.0298. The van der Waals surface area contributed by atoms with Gasteiger partial charge in [-0.3, -0.25) is 13.8 Å². The summed E-state index contributed by atoms with van der Waals surface area (Å²) in [6.45, 7) is 4.62. The fraction of sp³-hybridized carbons (Fsp3) is 0.806. The number of nitrogens with one attached hydrogen (secondary N) is 1. The van der Waals surface area contributed by atoms with Crippen LogP contribution < -0.4 is 5.32 Å². The third kappa shape index (κ3) is 31.1. The Morgan fingerprint density at radius 1 is 0.733 bits per heavy atom. The number of likely N-dealkylation sites (N-methyl/N-ethyl adjacent to an activating group) is 1. The van der Waals surface area contributed by atoms with Crippen molar-refractivity contribution in [3.63, 3.8) is 0 Å². The molecule has 0 aliphatic heterocycles. The standard InChI is InChI=1S/C36H69N2O6P/c1-6-8-10-12-13-14-15-16-17-18-19-20-21-22-23-24-25-26-27-29-35(39)34(37-36(40)30-28-11-9-7-2)33-44-45(41,42)43-32-31-38(3,4)5/h19-20,23-24,27,29,34-35,39H,6-18,21-22,25-26,28,30-33H2,1-5H3,(H-,37,40,41,42)/p+1/b20-19+,24-23+,29-27+. The third-order valence-electron chi connectivity index (χ3n) is 7.59. The van der Waals surface area contributed by atoms with E-state index in [2.05, 4.69) is 43.5 Å². The van der Waals surface area contributed by atoms with Gasteiger partial charge in [-0.1, -0.05) is 121 Å². The lowest BCUT2D eigenvalue weighted by molar-refractivity contribution is -0.870. The van der Waals surface area contributed by atoms with Crippen LogP contribution in [0.4, 0.5) is 0 Å². The van der Waals surface area contributed by atoms with Gasteiger partial charge in [0.1, 0.15) is 13.2 Å². The molecule has 0 aromatic heterocycles. The average molecular weight is 658 g/mol. The van der Waals surface area contributed by atoms with Crippen LogP contribution >= 0.6 is 7.82 Å². The molecular formula is C36H70N2O6P+. The van der Waals surface area contributed by atoms with Gasteiger partial charge >= 0.3 is 7.82 Å². The Hall–Kier alpha value is -1.28. The van der Waals surface area contributed by atoms with Crippen LogP contribution in [-0.2, 0) is 18.4 Å². The van der Waals surface area contributed by atoms with Crippen LogP contribution in [0.15, 0.2) is 36.5 Å². The summed E-state index contributed by atoms with van der Waals surface area (Å²) in [6.07, 6.45) is 32.7. The molecule has 0 rings (SSSR count). The van der Waals surface area contributed by atoms with Gasteiger partial charge in [0.15, 0.2) is 0 Å². The van der Waals surface area contributed by atoms with Gasteiger partial charge in [0.05, 0.1) is 39.9 Å². The average Bonchev–Trinajstić information content (AvgIpc) is 2.97. The van der Waals surface area contributed by atoms with Crippen LogP contribution in [0.2, 0.25) is 0 Å². The summed E-state index contributed by atoms with van der Waals surface area (Å²) in [5, 5.41) is 13.5. The maximum Gasteiger partial charge on any atom is 0.472 e. The Morgan fingerprint density at radius 2 is 1.22 bits per heavy atom. The SMILES string of the molecule is CCCCCCCCCCC/C=C/CC/C=C/CC/C=C/C(O)C(COP(=O)(O)OCC[N+](C)(C)C)NC(=O)CCCCCC. The predicted octanol–water partition coefficient (Wildman–Crippen LogP) is 8.79. The molecule has 3 atom stereocenters. The zero-order valence-corrected chi connectivity index (χ0v) is 30.5. The molecule has 0 fully saturated rings. The highest BCUT2D eigenvalue weighted by atomic mass is 31.2. The summed E-state index contributed by atoms with van der Waals surface area (Å²) in [6, 6.07) is -0.861. The van der Waals surface area contributed by atoms with E-state index in [0.29, 0.717) is 17.4 Å². The van der Waals surface area contributed by atoms with Gasteiger partial charge in [0.25, 0.3) is 0 Å². The van der Waals surface area contributed by atoms with Gasteiger partial charge in [-0.15, -0.1) is 0 Å². The minimum absolute atomic E-state index is 0.0529. The highest BCUT2D eigenvalue weighted by Crippen LogP contribution is 2.43. The van der Waals surface area contributed by atoms with Gasteiger partial charge in [-0.05, 0) is 44.9 Å². The number of carbonyl (C=O) groups excluding carboxylic acids is 1. The first-order valence-electron chi connectivity index (χ1n) is 17.9. The van der Waals surface area contributed by atoms with Crippen LogP contribution in [0, 0.1) is 0 Å². The normalized spacial score (nSPS) is 15.3. The summed E-state index contributed by atoms with van der Waals surface area (Å²) in [5.41, 5.74) is 0. The molecule has 0 bridgehead atoms. The number of aliphatic hydroxyl groups excluding tert-OH is 1. The van der Waals surface area contributed by atoms with Crippen LogP contribution in [0.5, 0.6) is 0 Å². The van der Waals surface area contributed by atoms with E-state index < -0.39 is 20.0 Å². The van der Waals surface area contributed by atoms with E-state index in [-0.39, 0.29) is 19.1 Å². The first-order valence-corrected chi connectivity index (χ1v) is 19.4. The molecule has 0 radical (unpaired) electrons. The summed E-state index contributed by atoms with van der Waals surface area (Å²) in [7, 11) is 1.54. The molecule has 9 heteroatoms. The number of phosphoric acid groups is 1. The topological polar surface area (TPSA) is 105 Å². The number of amides is 1. The Bertz CT molecular complexity index is 840. The van der Waals surface area contributed by atoms with E-state index >= 15 is 0 Å². The number of unbranched alkanes of at least 4 members (excludes halogenated alkanes) is 14. The lowest BCUT2D eigenvalue weighted by Crippen LogP contribution is -2.45. The van der Waals surface area contributed by atoms with Gasteiger partial charge in [-0.2, -0.15) is 0 Å². The molecule has 0 saturated carbocycles. The van der Waals surface area contributed by atoms with Crippen molar-refractivity contribution in [3.8, 4) is 0 Å². The molecule has 0 aliphatic rings. The number of carbonyl (C=O) groups is 1. The van der Waals surface area contributed by atoms with Crippen molar-refractivity contribution in [3.05, 3.63) is 36.5 Å². The van der Waals surface area contributed by atoms with Gasteiger partial charge in [0.2, 0.25) is 5.91 Å². The minimum atomic E-state index is -4.32. The molecule has 45 heavy (non-hydrogen) atoms. The number of allylic oxidation sites excluding steroid dienone is 5. The maximum absolute atomic E-state index is 12.5. The predicted molar refractivity (Wildman–Crippen MR) is 189 cm³/mol. The molecule has 0 heterocycles.